The molecule has 0 aromatic heterocycles. The van der Waals surface area contributed by atoms with Crippen molar-refractivity contribution in [3.8, 4) is 11.5 Å². The van der Waals surface area contributed by atoms with Crippen LogP contribution in [0.1, 0.15) is 30.9 Å². The first-order valence-electron chi connectivity index (χ1n) is 6.83. The van der Waals surface area contributed by atoms with Gasteiger partial charge in [0.2, 0.25) is 0 Å². The fraction of sp³-hybridized carbons (Fsp3) is 0.533. The molecule has 20 heavy (non-hydrogen) atoms. The van der Waals surface area contributed by atoms with Gasteiger partial charge in [-0.25, -0.2) is 0 Å². The third kappa shape index (κ3) is 3.22. The first-order valence-corrected chi connectivity index (χ1v) is 6.83. The van der Waals surface area contributed by atoms with Gasteiger partial charge < -0.3 is 14.6 Å². The molecule has 0 saturated carbocycles. The van der Waals surface area contributed by atoms with Crippen molar-refractivity contribution in [1.29, 1.82) is 0 Å². The van der Waals surface area contributed by atoms with Gasteiger partial charge >= 0.3 is 5.97 Å². The predicted molar refractivity (Wildman–Crippen MR) is 75.3 cm³/mol. The van der Waals surface area contributed by atoms with Crippen LogP contribution in [0.2, 0.25) is 0 Å². The number of carbonyl (C=O) groups is 1. The molecule has 1 atom stereocenters. The van der Waals surface area contributed by atoms with Crippen molar-refractivity contribution in [3.05, 3.63) is 23.8 Å². The van der Waals surface area contributed by atoms with Crippen molar-refractivity contribution in [2.24, 2.45) is 0 Å². The van der Waals surface area contributed by atoms with Gasteiger partial charge in [-0.3, -0.25) is 9.69 Å². The molecule has 1 N–H and O–H groups in total. The van der Waals surface area contributed by atoms with Crippen molar-refractivity contribution in [3.63, 3.8) is 0 Å². The highest BCUT2D eigenvalue weighted by Gasteiger charge is 2.28. The maximum atomic E-state index is 11.2. The van der Waals surface area contributed by atoms with Gasteiger partial charge in [0.1, 0.15) is 11.5 Å². The molecule has 1 unspecified atom stereocenters. The van der Waals surface area contributed by atoms with Crippen LogP contribution in [0.4, 0.5) is 0 Å². The number of rotatable bonds is 6. The second-order valence-corrected chi connectivity index (χ2v) is 4.96. The lowest BCUT2D eigenvalue weighted by molar-refractivity contribution is -0.138. The monoisotopic (exact) mass is 279 g/mol. The molecule has 0 amide bonds. The lowest BCUT2D eigenvalue weighted by Crippen LogP contribution is -2.28. The van der Waals surface area contributed by atoms with Crippen molar-refractivity contribution >= 4 is 5.97 Å². The Labute approximate surface area is 119 Å². The van der Waals surface area contributed by atoms with Crippen molar-refractivity contribution < 1.29 is 19.4 Å². The van der Waals surface area contributed by atoms with Crippen LogP contribution in [0.5, 0.6) is 11.5 Å². The molecule has 1 heterocycles. The Hall–Kier alpha value is -1.75. The Bertz CT molecular complexity index is 469. The summed E-state index contributed by atoms with van der Waals surface area (Å²) in [6.45, 7) is 1.88. The van der Waals surface area contributed by atoms with Crippen LogP contribution >= 0.6 is 0 Å². The summed E-state index contributed by atoms with van der Waals surface area (Å²) in [6, 6.07) is 5.42. The number of likely N-dealkylation sites (tertiary alicyclic amines) is 1. The zero-order valence-electron chi connectivity index (χ0n) is 12.0. The molecule has 1 saturated heterocycles. The summed E-state index contributed by atoms with van der Waals surface area (Å²) in [6.07, 6.45) is 2.33. The Balaban J connectivity index is 2.33. The van der Waals surface area contributed by atoms with E-state index >= 15 is 0 Å². The molecule has 110 valence electrons. The molecule has 2 rings (SSSR count). The Kier molecular flexibility index (Phi) is 4.84. The van der Waals surface area contributed by atoms with Crippen LogP contribution in [-0.4, -0.2) is 43.3 Å². The van der Waals surface area contributed by atoms with Crippen LogP contribution in [0.15, 0.2) is 18.2 Å². The van der Waals surface area contributed by atoms with E-state index in [0.29, 0.717) is 11.5 Å². The fourth-order valence-electron chi connectivity index (χ4n) is 2.75. The average Bonchev–Trinajstić information content (AvgIpc) is 2.98. The van der Waals surface area contributed by atoms with Gasteiger partial charge in [-0.2, -0.15) is 0 Å². The second-order valence-electron chi connectivity index (χ2n) is 4.96. The summed E-state index contributed by atoms with van der Waals surface area (Å²) >= 11 is 0. The maximum absolute atomic E-state index is 11.2. The number of carboxylic acids is 1. The van der Waals surface area contributed by atoms with Gasteiger partial charge in [-0.15, -0.1) is 0 Å². The number of benzene rings is 1. The summed E-state index contributed by atoms with van der Waals surface area (Å²) in [7, 11) is 3.20. The molecule has 1 aliphatic rings. The first-order chi connectivity index (χ1) is 9.65. The van der Waals surface area contributed by atoms with Gasteiger partial charge in [0, 0.05) is 17.7 Å². The molecule has 0 bridgehead atoms. The Morgan fingerprint density at radius 1 is 1.30 bits per heavy atom. The Morgan fingerprint density at radius 2 is 2.00 bits per heavy atom. The Morgan fingerprint density at radius 3 is 2.55 bits per heavy atom. The van der Waals surface area contributed by atoms with E-state index in [9.17, 15) is 9.90 Å². The zero-order valence-corrected chi connectivity index (χ0v) is 12.0. The highest BCUT2D eigenvalue weighted by molar-refractivity contribution is 5.68. The normalized spacial score (nSPS) is 16.9. The van der Waals surface area contributed by atoms with Gasteiger partial charge in [-0.05, 0) is 32.0 Å². The molecular formula is C15H21NO4. The number of aliphatic carboxylic acids is 1. The number of hydrogen-bond acceptors (Lipinski definition) is 4. The summed E-state index contributed by atoms with van der Waals surface area (Å²) in [5.74, 6) is 0.600. The van der Waals surface area contributed by atoms with Crippen LogP contribution < -0.4 is 9.47 Å². The highest BCUT2D eigenvalue weighted by Crippen LogP contribution is 2.36. The highest BCUT2D eigenvalue weighted by atomic mass is 16.5. The van der Waals surface area contributed by atoms with Gasteiger partial charge in [0.25, 0.3) is 0 Å². The standard InChI is InChI=1S/C15H21NO4/c1-19-11-5-6-12(14(9-11)20-2)13(10-15(17)18)16-7-3-4-8-16/h5-6,9,13H,3-4,7-8,10H2,1-2H3,(H,17,18). The number of methoxy groups -OCH3 is 2. The topological polar surface area (TPSA) is 59.0 Å². The third-order valence-corrected chi connectivity index (χ3v) is 3.75. The van der Waals surface area contributed by atoms with E-state index in [2.05, 4.69) is 4.90 Å². The summed E-state index contributed by atoms with van der Waals surface area (Å²) in [5.41, 5.74) is 0.914. The van der Waals surface area contributed by atoms with Crippen molar-refractivity contribution in [2.75, 3.05) is 27.3 Å². The van der Waals surface area contributed by atoms with Crippen LogP contribution in [0, 0.1) is 0 Å². The zero-order chi connectivity index (χ0) is 14.5. The molecule has 0 spiro atoms. The second kappa shape index (κ2) is 6.61. The average molecular weight is 279 g/mol. The van der Waals surface area contributed by atoms with Crippen LogP contribution in [0.25, 0.3) is 0 Å². The quantitative estimate of drug-likeness (QED) is 0.866. The minimum Gasteiger partial charge on any atom is -0.497 e. The molecule has 0 radical (unpaired) electrons. The molecule has 1 aromatic rings. The van der Waals surface area contributed by atoms with Crippen LogP contribution in [-0.2, 0) is 4.79 Å². The SMILES string of the molecule is COc1ccc(C(CC(=O)O)N2CCCC2)c(OC)c1. The lowest BCUT2D eigenvalue weighted by atomic mass is 10.0. The number of ether oxygens (including phenoxy) is 2. The van der Waals surface area contributed by atoms with E-state index < -0.39 is 5.97 Å². The minimum absolute atomic E-state index is 0.0860. The molecule has 1 fully saturated rings. The summed E-state index contributed by atoms with van der Waals surface area (Å²) in [5, 5.41) is 9.18. The van der Waals surface area contributed by atoms with Gasteiger partial charge in [0.05, 0.1) is 20.6 Å². The van der Waals surface area contributed by atoms with E-state index in [4.69, 9.17) is 9.47 Å². The maximum Gasteiger partial charge on any atom is 0.305 e. The first kappa shape index (κ1) is 14.7. The number of hydrogen-bond donors (Lipinski definition) is 1. The largest absolute Gasteiger partial charge is 0.497 e. The molecule has 5 heteroatoms. The van der Waals surface area contributed by atoms with Crippen molar-refractivity contribution in [1.82, 2.24) is 4.90 Å². The molecular weight excluding hydrogens is 258 g/mol. The molecule has 1 aliphatic heterocycles. The van der Waals surface area contributed by atoms with Crippen LogP contribution in [0.3, 0.4) is 0 Å². The molecule has 0 aliphatic carbocycles. The summed E-state index contributed by atoms with van der Waals surface area (Å²) in [4.78, 5) is 13.4. The van der Waals surface area contributed by atoms with E-state index in [1.165, 1.54) is 0 Å². The van der Waals surface area contributed by atoms with Gasteiger partial charge in [0.15, 0.2) is 0 Å². The number of nitrogens with zero attached hydrogens (tertiary/aromatic N) is 1. The lowest BCUT2D eigenvalue weighted by Gasteiger charge is -2.28. The molecule has 1 aromatic carbocycles. The summed E-state index contributed by atoms with van der Waals surface area (Å²) < 4.78 is 10.6. The van der Waals surface area contributed by atoms with Gasteiger partial charge in [-0.1, -0.05) is 6.07 Å². The smallest absolute Gasteiger partial charge is 0.305 e. The molecule has 5 nitrogen and oxygen atoms in total. The van der Waals surface area contributed by atoms with E-state index in [1.807, 2.05) is 12.1 Å². The van der Waals surface area contributed by atoms with Crippen molar-refractivity contribution in [2.45, 2.75) is 25.3 Å². The van der Waals surface area contributed by atoms with E-state index in [1.54, 1.807) is 20.3 Å². The fourth-order valence-corrected chi connectivity index (χ4v) is 2.75. The van der Waals surface area contributed by atoms with E-state index in [0.717, 1.165) is 31.5 Å². The number of carboxylic acid groups (broad SMARTS) is 1. The predicted octanol–water partition coefficient (Wildman–Crippen LogP) is 2.32. The third-order valence-electron chi connectivity index (χ3n) is 3.75. The minimum atomic E-state index is -0.792. The van der Waals surface area contributed by atoms with E-state index in [-0.39, 0.29) is 12.5 Å².